The molecule has 130 valence electrons. The third-order valence-electron chi connectivity index (χ3n) is 4.79. The Labute approximate surface area is 148 Å². The number of nitrogens with zero attached hydrogens (tertiary/aromatic N) is 1. The van der Waals surface area contributed by atoms with E-state index in [2.05, 4.69) is 93.3 Å². The molecule has 0 heterocycles. The third-order valence-corrected chi connectivity index (χ3v) is 4.79. The van der Waals surface area contributed by atoms with Crippen molar-refractivity contribution < 1.29 is 0 Å². The van der Waals surface area contributed by atoms with Gasteiger partial charge in [-0.3, -0.25) is 4.90 Å². The molecule has 0 aliphatic carbocycles. The minimum atomic E-state index is 0.422. The van der Waals surface area contributed by atoms with Gasteiger partial charge in [-0.2, -0.15) is 0 Å². The van der Waals surface area contributed by atoms with Gasteiger partial charge in [-0.15, -0.1) is 0 Å². The lowest BCUT2D eigenvalue weighted by Crippen LogP contribution is -2.44. The minimum absolute atomic E-state index is 0.422. The van der Waals surface area contributed by atoms with Crippen LogP contribution in [0.5, 0.6) is 0 Å². The molecule has 0 bridgehead atoms. The van der Waals surface area contributed by atoms with E-state index in [4.69, 9.17) is 0 Å². The molecule has 0 aliphatic rings. The first-order valence-electron chi connectivity index (χ1n) is 9.52. The molecule has 2 rings (SSSR count). The van der Waals surface area contributed by atoms with Gasteiger partial charge in [-0.05, 0) is 43.0 Å². The summed E-state index contributed by atoms with van der Waals surface area (Å²) in [5, 5.41) is 0. The Morgan fingerprint density at radius 2 is 1.12 bits per heavy atom. The van der Waals surface area contributed by atoms with Gasteiger partial charge in [0.15, 0.2) is 0 Å². The van der Waals surface area contributed by atoms with Crippen molar-refractivity contribution in [1.29, 1.82) is 0 Å². The van der Waals surface area contributed by atoms with Crippen LogP contribution in [-0.2, 0) is 0 Å². The standard InChI is InChI=1S/C23H33N/c1-5-17-24(18-6-2)23(19(3)4)22(20-13-9-7-10-14-20)21-15-11-8-12-16-21/h7-16,19,22-23H,5-6,17-18H2,1-4H3. The Hall–Kier alpha value is -1.60. The Bertz CT molecular complexity index is 516. The lowest BCUT2D eigenvalue weighted by molar-refractivity contribution is 0.139. The zero-order valence-electron chi connectivity index (χ0n) is 15.8. The van der Waals surface area contributed by atoms with Gasteiger partial charge in [0, 0.05) is 12.0 Å². The number of hydrogen-bond donors (Lipinski definition) is 0. The lowest BCUT2D eigenvalue weighted by Gasteiger charge is -2.40. The van der Waals surface area contributed by atoms with Gasteiger partial charge in [-0.1, -0.05) is 88.4 Å². The van der Waals surface area contributed by atoms with Crippen LogP contribution in [0.4, 0.5) is 0 Å². The molecule has 0 aliphatic heterocycles. The minimum Gasteiger partial charge on any atom is -0.299 e. The van der Waals surface area contributed by atoms with Crippen molar-refractivity contribution in [2.75, 3.05) is 13.1 Å². The zero-order valence-corrected chi connectivity index (χ0v) is 15.8. The van der Waals surface area contributed by atoms with Crippen LogP contribution in [-0.4, -0.2) is 24.0 Å². The fourth-order valence-electron chi connectivity index (χ4n) is 3.91. The second-order valence-corrected chi connectivity index (χ2v) is 7.07. The Morgan fingerprint density at radius 3 is 1.46 bits per heavy atom. The number of rotatable bonds is 9. The molecule has 0 saturated carbocycles. The van der Waals surface area contributed by atoms with Gasteiger partial charge in [0.25, 0.3) is 0 Å². The largest absolute Gasteiger partial charge is 0.299 e. The molecule has 2 aromatic carbocycles. The second kappa shape index (κ2) is 9.64. The molecule has 1 atom stereocenters. The normalized spacial score (nSPS) is 13.0. The van der Waals surface area contributed by atoms with E-state index in [0.29, 0.717) is 17.9 Å². The first-order chi connectivity index (χ1) is 11.7. The van der Waals surface area contributed by atoms with Crippen LogP contribution in [0.25, 0.3) is 0 Å². The first-order valence-corrected chi connectivity index (χ1v) is 9.52. The van der Waals surface area contributed by atoms with E-state index in [1.807, 2.05) is 0 Å². The molecule has 0 spiro atoms. The molecular formula is C23H33N. The van der Waals surface area contributed by atoms with Gasteiger partial charge in [0.05, 0.1) is 0 Å². The van der Waals surface area contributed by atoms with Crippen LogP contribution in [0, 0.1) is 5.92 Å². The van der Waals surface area contributed by atoms with Crippen molar-refractivity contribution in [1.82, 2.24) is 4.90 Å². The van der Waals surface area contributed by atoms with Crippen molar-refractivity contribution in [3.05, 3.63) is 71.8 Å². The predicted octanol–water partition coefficient (Wildman–Crippen LogP) is 5.97. The van der Waals surface area contributed by atoms with Crippen molar-refractivity contribution in [2.24, 2.45) is 5.92 Å². The number of benzene rings is 2. The maximum absolute atomic E-state index is 2.72. The summed E-state index contributed by atoms with van der Waals surface area (Å²) in [6, 6.07) is 22.6. The molecule has 0 radical (unpaired) electrons. The average molecular weight is 324 g/mol. The predicted molar refractivity (Wildman–Crippen MR) is 106 cm³/mol. The Kier molecular flexibility index (Phi) is 7.52. The first kappa shape index (κ1) is 18.7. The van der Waals surface area contributed by atoms with Crippen LogP contribution < -0.4 is 0 Å². The molecule has 1 unspecified atom stereocenters. The molecule has 1 heteroatoms. The van der Waals surface area contributed by atoms with Crippen LogP contribution >= 0.6 is 0 Å². The summed E-state index contributed by atoms with van der Waals surface area (Å²) in [6.07, 6.45) is 2.42. The van der Waals surface area contributed by atoms with Crippen LogP contribution in [0.1, 0.15) is 57.6 Å². The van der Waals surface area contributed by atoms with Crippen molar-refractivity contribution in [2.45, 2.75) is 52.5 Å². The maximum Gasteiger partial charge on any atom is 0.0248 e. The summed E-state index contributed by atoms with van der Waals surface area (Å²) in [7, 11) is 0. The molecule has 24 heavy (non-hydrogen) atoms. The van der Waals surface area contributed by atoms with Gasteiger partial charge in [0.1, 0.15) is 0 Å². The van der Waals surface area contributed by atoms with E-state index in [-0.39, 0.29) is 0 Å². The summed E-state index contributed by atoms with van der Waals surface area (Å²) in [4.78, 5) is 2.72. The third kappa shape index (κ3) is 4.70. The summed E-state index contributed by atoms with van der Waals surface area (Å²) in [5.74, 6) is 1.03. The monoisotopic (exact) mass is 323 g/mol. The Balaban J connectivity index is 2.49. The molecule has 2 aromatic rings. The van der Waals surface area contributed by atoms with Crippen molar-refractivity contribution >= 4 is 0 Å². The van der Waals surface area contributed by atoms with E-state index in [0.717, 1.165) is 0 Å². The summed E-state index contributed by atoms with van der Waals surface area (Å²) in [6.45, 7) is 11.7. The highest BCUT2D eigenvalue weighted by Gasteiger charge is 2.31. The van der Waals surface area contributed by atoms with Gasteiger partial charge in [0.2, 0.25) is 0 Å². The molecule has 0 fully saturated rings. The summed E-state index contributed by atoms with van der Waals surface area (Å²) < 4.78 is 0. The molecular weight excluding hydrogens is 290 g/mol. The highest BCUT2D eigenvalue weighted by atomic mass is 15.2. The molecule has 0 N–H and O–H groups in total. The highest BCUT2D eigenvalue weighted by molar-refractivity contribution is 5.34. The highest BCUT2D eigenvalue weighted by Crippen LogP contribution is 2.35. The van der Waals surface area contributed by atoms with E-state index in [1.165, 1.54) is 37.1 Å². The topological polar surface area (TPSA) is 3.24 Å². The smallest absolute Gasteiger partial charge is 0.0248 e. The molecule has 1 nitrogen and oxygen atoms in total. The zero-order chi connectivity index (χ0) is 17.4. The quantitative estimate of drug-likeness (QED) is 0.550. The summed E-state index contributed by atoms with van der Waals surface area (Å²) in [5.41, 5.74) is 2.86. The van der Waals surface area contributed by atoms with E-state index >= 15 is 0 Å². The molecule has 0 saturated heterocycles. The fourth-order valence-corrected chi connectivity index (χ4v) is 3.91. The molecule has 0 aromatic heterocycles. The van der Waals surface area contributed by atoms with Crippen molar-refractivity contribution in [3.8, 4) is 0 Å². The van der Waals surface area contributed by atoms with Crippen LogP contribution in [0.3, 0.4) is 0 Å². The second-order valence-electron chi connectivity index (χ2n) is 7.07. The van der Waals surface area contributed by atoms with Gasteiger partial charge >= 0.3 is 0 Å². The summed E-state index contributed by atoms with van der Waals surface area (Å²) >= 11 is 0. The van der Waals surface area contributed by atoms with E-state index in [1.54, 1.807) is 0 Å². The Morgan fingerprint density at radius 1 is 0.708 bits per heavy atom. The lowest BCUT2D eigenvalue weighted by atomic mass is 9.79. The van der Waals surface area contributed by atoms with Crippen molar-refractivity contribution in [3.63, 3.8) is 0 Å². The average Bonchev–Trinajstić information content (AvgIpc) is 2.60. The van der Waals surface area contributed by atoms with Crippen LogP contribution in [0.15, 0.2) is 60.7 Å². The van der Waals surface area contributed by atoms with Gasteiger partial charge < -0.3 is 0 Å². The van der Waals surface area contributed by atoms with E-state index in [9.17, 15) is 0 Å². The fraction of sp³-hybridized carbons (Fsp3) is 0.478. The van der Waals surface area contributed by atoms with Crippen LogP contribution in [0.2, 0.25) is 0 Å². The van der Waals surface area contributed by atoms with E-state index < -0.39 is 0 Å². The SMILES string of the molecule is CCCN(CCC)C(C(C)C)C(c1ccccc1)c1ccccc1. The number of hydrogen-bond acceptors (Lipinski definition) is 1. The molecule has 0 amide bonds. The van der Waals surface area contributed by atoms with Gasteiger partial charge in [-0.25, -0.2) is 0 Å². The maximum atomic E-state index is 2.72.